The van der Waals surface area contributed by atoms with Crippen molar-refractivity contribution < 1.29 is 9.18 Å². The van der Waals surface area contributed by atoms with E-state index in [2.05, 4.69) is 10.6 Å². The van der Waals surface area contributed by atoms with Crippen LogP contribution < -0.4 is 10.6 Å². The molecule has 2 aromatic carbocycles. The zero-order valence-electron chi connectivity index (χ0n) is 10.4. The zero-order valence-corrected chi connectivity index (χ0v) is 10.4. The quantitative estimate of drug-likeness (QED) is 0.869. The summed E-state index contributed by atoms with van der Waals surface area (Å²) < 4.78 is 13.1. The van der Waals surface area contributed by atoms with Crippen LogP contribution in [0, 0.1) is 11.7 Å². The molecule has 0 spiro atoms. The molecule has 1 atom stereocenters. The summed E-state index contributed by atoms with van der Waals surface area (Å²) in [6.07, 6.45) is 0.880. The minimum atomic E-state index is -0.249. The van der Waals surface area contributed by atoms with Crippen LogP contribution in [0.5, 0.6) is 0 Å². The van der Waals surface area contributed by atoms with Crippen molar-refractivity contribution in [3.63, 3.8) is 0 Å². The SMILES string of the molecule is O=C(Nc1ccc2cc(F)ccc2c1)C1CCNC1. The van der Waals surface area contributed by atoms with Crippen molar-refractivity contribution >= 4 is 22.4 Å². The van der Waals surface area contributed by atoms with Crippen molar-refractivity contribution in [3.05, 3.63) is 42.2 Å². The van der Waals surface area contributed by atoms with Crippen LogP contribution in [0.3, 0.4) is 0 Å². The predicted molar refractivity (Wildman–Crippen MR) is 73.5 cm³/mol. The number of hydrogen-bond donors (Lipinski definition) is 2. The minimum Gasteiger partial charge on any atom is -0.326 e. The lowest BCUT2D eigenvalue weighted by molar-refractivity contribution is -0.119. The van der Waals surface area contributed by atoms with Gasteiger partial charge in [-0.1, -0.05) is 12.1 Å². The first-order valence-electron chi connectivity index (χ1n) is 6.43. The summed E-state index contributed by atoms with van der Waals surface area (Å²) >= 11 is 0. The summed E-state index contributed by atoms with van der Waals surface area (Å²) in [5, 5.41) is 7.84. The molecule has 2 aromatic rings. The number of carbonyl (C=O) groups is 1. The van der Waals surface area contributed by atoms with E-state index < -0.39 is 0 Å². The minimum absolute atomic E-state index is 0.0453. The van der Waals surface area contributed by atoms with Crippen molar-refractivity contribution in [1.29, 1.82) is 0 Å². The topological polar surface area (TPSA) is 41.1 Å². The molecule has 0 saturated carbocycles. The fourth-order valence-electron chi connectivity index (χ4n) is 2.42. The van der Waals surface area contributed by atoms with Gasteiger partial charge in [-0.3, -0.25) is 4.79 Å². The summed E-state index contributed by atoms with van der Waals surface area (Å²) in [5.41, 5.74) is 0.760. The highest BCUT2D eigenvalue weighted by Gasteiger charge is 2.22. The summed E-state index contributed by atoms with van der Waals surface area (Å²) in [7, 11) is 0. The number of anilines is 1. The van der Waals surface area contributed by atoms with Crippen molar-refractivity contribution in [2.45, 2.75) is 6.42 Å². The Morgan fingerprint density at radius 2 is 2.00 bits per heavy atom. The maximum Gasteiger partial charge on any atom is 0.228 e. The molecule has 0 aliphatic carbocycles. The summed E-state index contributed by atoms with van der Waals surface area (Å²) in [6.45, 7) is 1.64. The van der Waals surface area contributed by atoms with Crippen LogP contribution in [0.1, 0.15) is 6.42 Å². The molecule has 4 heteroatoms. The average Bonchev–Trinajstić information content (AvgIpc) is 2.93. The lowest BCUT2D eigenvalue weighted by atomic mass is 10.1. The van der Waals surface area contributed by atoms with Gasteiger partial charge in [0.1, 0.15) is 5.82 Å². The zero-order chi connectivity index (χ0) is 13.2. The van der Waals surface area contributed by atoms with Crippen LogP contribution in [-0.2, 0) is 4.79 Å². The van der Waals surface area contributed by atoms with Gasteiger partial charge in [0.05, 0.1) is 5.92 Å². The van der Waals surface area contributed by atoms with Crippen LogP contribution in [0.15, 0.2) is 36.4 Å². The molecule has 1 saturated heterocycles. The largest absolute Gasteiger partial charge is 0.326 e. The van der Waals surface area contributed by atoms with Gasteiger partial charge >= 0.3 is 0 Å². The van der Waals surface area contributed by atoms with Gasteiger partial charge in [0.15, 0.2) is 0 Å². The lowest BCUT2D eigenvalue weighted by Crippen LogP contribution is -2.24. The molecule has 1 heterocycles. The van der Waals surface area contributed by atoms with Gasteiger partial charge in [-0.25, -0.2) is 4.39 Å². The molecule has 1 fully saturated rings. The number of hydrogen-bond acceptors (Lipinski definition) is 2. The summed E-state index contributed by atoms with van der Waals surface area (Å²) in [5.74, 6) is -0.156. The van der Waals surface area contributed by atoms with E-state index >= 15 is 0 Å². The van der Waals surface area contributed by atoms with Gasteiger partial charge in [0, 0.05) is 12.2 Å². The second kappa shape index (κ2) is 4.97. The number of rotatable bonds is 2. The molecule has 0 bridgehead atoms. The smallest absolute Gasteiger partial charge is 0.228 e. The van der Waals surface area contributed by atoms with Crippen LogP contribution in [0.4, 0.5) is 10.1 Å². The Morgan fingerprint density at radius 1 is 1.21 bits per heavy atom. The van der Waals surface area contributed by atoms with E-state index in [-0.39, 0.29) is 17.6 Å². The van der Waals surface area contributed by atoms with E-state index in [0.717, 1.165) is 36.0 Å². The molecule has 3 rings (SSSR count). The highest BCUT2D eigenvalue weighted by molar-refractivity contribution is 5.95. The number of halogens is 1. The second-order valence-corrected chi connectivity index (χ2v) is 4.89. The third-order valence-electron chi connectivity index (χ3n) is 3.50. The molecule has 3 nitrogen and oxygen atoms in total. The van der Waals surface area contributed by atoms with E-state index in [9.17, 15) is 9.18 Å². The third-order valence-corrected chi connectivity index (χ3v) is 3.50. The molecule has 1 amide bonds. The number of carbonyl (C=O) groups excluding carboxylic acids is 1. The van der Waals surface area contributed by atoms with Gasteiger partial charge < -0.3 is 10.6 Å². The number of amides is 1. The fourth-order valence-corrected chi connectivity index (χ4v) is 2.42. The van der Waals surface area contributed by atoms with Crippen LogP contribution in [0.25, 0.3) is 10.8 Å². The third kappa shape index (κ3) is 2.58. The first-order valence-corrected chi connectivity index (χ1v) is 6.43. The van der Waals surface area contributed by atoms with Crippen molar-refractivity contribution in [2.75, 3.05) is 18.4 Å². The molecular formula is C15H15FN2O. The Hall–Kier alpha value is -1.94. The van der Waals surface area contributed by atoms with Gasteiger partial charge in [0.2, 0.25) is 5.91 Å². The average molecular weight is 258 g/mol. The van der Waals surface area contributed by atoms with Crippen molar-refractivity contribution in [3.8, 4) is 0 Å². The van der Waals surface area contributed by atoms with Gasteiger partial charge in [0.25, 0.3) is 0 Å². The Morgan fingerprint density at radius 3 is 2.79 bits per heavy atom. The molecule has 2 N–H and O–H groups in total. The van der Waals surface area contributed by atoms with E-state index in [1.165, 1.54) is 12.1 Å². The maximum atomic E-state index is 13.1. The summed E-state index contributed by atoms with van der Waals surface area (Å²) in [4.78, 5) is 12.0. The standard InChI is InChI=1S/C15H15FN2O/c16-13-3-1-11-8-14(4-2-10(11)7-13)18-15(19)12-5-6-17-9-12/h1-4,7-8,12,17H,5-6,9H2,(H,18,19). The lowest BCUT2D eigenvalue weighted by Gasteiger charge is -2.10. The Balaban J connectivity index is 1.81. The van der Waals surface area contributed by atoms with E-state index in [1.807, 2.05) is 18.2 Å². The molecule has 98 valence electrons. The molecule has 1 unspecified atom stereocenters. The molecule has 1 aliphatic rings. The Labute approximate surface area is 110 Å². The summed E-state index contributed by atoms with van der Waals surface area (Å²) in [6, 6.07) is 10.1. The molecule has 1 aliphatic heterocycles. The number of benzene rings is 2. The Kier molecular flexibility index (Phi) is 3.17. The fraction of sp³-hybridized carbons (Fsp3) is 0.267. The molecular weight excluding hydrogens is 243 g/mol. The van der Waals surface area contributed by atoms with Crippen molar-refractivity contribution in [1.82, 2.24) is 5.32 Å². The second-order valence-electron chi connectivity index (χ2n) is 4.89. The first-order chi connectivity index (χ1) is 9.22. The predicted octanol–water partition coefficient (Wildman–Crippen LogP) is 2.53. The first kappa shape index (κ1) is 12.1. The monoisotopic (exact) mass is 258 g/mol. The number of nitrogens with one attached hydrogen (secondary N) is 2. The van der Waals surface area contributed by atoms with Crippen LogP contribution >= 0.6 is 0 Å². The van der Waals surface area contributed by atoms with Crippen LogP contribution in [-0.4, -0.2) is 19.0 Å². The van der Waals surface area contributed by atoms with Gasteiger partial charge in [-0.15, -0.1) is 0 Å². The number of fused-ring (bicyclic) bond motifs is 1. The molecule has 0 radical (unpaired) electrons. The normalized spacial score (nSPS) is 18.7. The highest BCUT2D eigenvalue weighted by atomic mass is 19.1. The van der Waals surface area contributed by atoms with E-state index in [4.69, 9.17) is 0 Å². The van der Waals surface area contributed by atoms with Gasteiger partial charge in [-0.05, 0) is 48.0 Å². The van der Waals surface area contributed by atoms with Crippen molar-refractivity contribution in [2.24, 2.45) is 5.92 Å². The highest BCUT2D eigenvalue weighted by Crippen LogP contribution is 2.21. The van der Waals surface area contributed by atoms with Gasteiger partial charge in [-0.2, -0.15) is 0 Å². The molecule has 19 heavy (non-hydrogen) atoms. The van der Waals surface area contributed by atoms with Crippen LogP contribution in [0.2, 0.25) is 0 Å². The van der Waals surface area contributed by atoms with E-state index in [1.54, 1.807) is 6.07 Å². The van der Waals surface area contributed by atoms with E-state index in [0.29, 0.717) is 0 Å². The maximum absolute atomic E-state index is 13.1. The molecule has 0 aromatic heterocycles. The Bertz CT molecular complexity index is 621.